The van der Waals surface area contributed by atoms with Gasteiger partial charge in [-0.2, -0.15) is 0 Å². The highest BCUT2D eigenvalue weighted by atomic mass is 16.4. The van der Waals surface area contributed by atoms with Gasteiger partial charge in [0.05, 0.1) is 6.04 Å². The molecule has 1 aromatic rings. The molecule has 0 aromatic carbocycles. The molecule has 1 unspecified atom stereocenters. The van der Waals surface area contributed by atoms with Crippen molar-refractivity contribution in [2.24, 2.45) is 5.41 Å². The molecule has 0 spiro atoms. The zero-order chi connectivity index (χ0) is 13.2. The van der Waals surface area contributed by atoms with E-state index in [-0.39, 0.29) is 11.8 Å². The minimum absolute atomic E-state index is 0.00773. The van der Waals surface area contributed by atoms with Crippen molar-refractivity contribution in [1.29, 1.82) is 0 Å². The maximum Gasteiger partial charge on any atom is 0.371 e. The number of hydrogen-bond donors (Lipinski definition) is 2. The zero-order valence-electron chi connectivity index (χ0n) is 11.0. The second-order valence-corrected chi connectivity index (χ2v) is 5.36. The van der Waals surface area contributed by atoms with Gasteiger partial charge in [0, 0.05) is 6.54 Å². The van der Waals surface area contributed by atoms with Crippen molar-refractivity contribution >= 4 is 5.97 Å². The Morgan fingerprint density at radius 3 is 2.78 bits per heavy atom. The number of carboxylic acid groups (broad SMARTS) is 1. The third kappa shape index (κ3) is 2.93. The first-order valence-corrected chi connectivity index (χ1v) is 6.63. The Hall–Kier alpha value is -1.29. The molecule has 1 heterocycles. The number of furan rings is 1. The average Bonchev–Trinajstić information content (AvgIpc) is 2.92. The van der Waals surface area contributed by atoms with E-state index in [0.717, 1.165) is 6.54 Å². The van der Waals surface area contributed by atoms with E-state index < -0.39 is 5.97 Å². The van der Waals surface area contributed by atoms with Crippen molar-refractivity contribution in [2.75, 3.05) is 6.54 Å². The van der Waals surface area contributed by atoms with Crippen LogP contribution in [0.4, 0.5) is 0 Å². The topological polar surface area (TPSA) is 62.5 Å². The van der Waals surface area contributed by atoms with Crippen LogP contribution in [0.25, 0.3) is 0 Å². The summed E-state index contributed by atoms with van der Waals surface area (Å²) in [6.45, 7) is 5.22. The number of aromatic carboxylic acids is 1. The lowest BCUT2D eigenvalue weighted by Gasteiger charge is -2.18. The molecule has 18 heavy (non-hydrogen) atoms. The van der Waals surface area contributed by atoms with E-state index in [0.29, 0.717) is 11.2 Å². The van der Waals surface area contributed by atoms with Gasteiger partial charge in [0.15, 0.2) is 0 Å². The summed E-state index contributed by atoms with van der Waals surface area (Å²) in [4.78, 5) is 10.7. The van der Waals surface area contributed by atoms with Gasteiger partial charge in [-0.15, -0.1) is 0 Å². The van der Waals surface area contributed by atoms with Crippen LogP contribution in [0.15, 0.2) is 16.5 Å². The van der Waals surface area contributed by atoms with Crippen LogP contribution in [0.2, 0.25) is 0 Å². The van der Waals surface area contributed by atoms with Crippen LogP contribution in [0.3, 0.4) is 0 Å². The standard InChI is InChI=1S/C14H21NO3/c1-3-6-14(7-8-14)9-15-10(2)11-4-5-12(18-11)13(16)17/h4-5,10,15H,3,6-9H2,1-2H3,(H,16,17). The largest absolute Gasteiger partial charge is 0.475 e. The molecule has 1 aliphatic rings. The van der Waals surface area contributed by atoms with Gasteiger partial charge in [-0.3, -0.25) is 0 Å². The zero-order valence-corrected chi connectivity index (χ0v) is 11.0. The summed E-state index contributed by atoms with van der Waals surface area (Å²) in [6.07, 6.45) is 5.10. The van der Waals surface area contributed by atoms with Crippen LogP contribution in [-0.4, -0.2) is 17.6 Å². The number of carboxylic acids is 1. The number of rotatable bonds is 7. The number of hydrogen-bond acceptors (Lipinski definition) is 3. The van der Waals surface area contributed by atoms with Crippen molar-refractivity contribution in [3.05, 3.63) is 23.7 Å². The van der Waals surface area contributed by atoms with Crippen molar-refractivity contribution in [3.63, 3.8) is 0 Å². The number of nitrogens with one attached hydrogen (secondary N) is 1. The molecule has 2 rings (SSSR count). The fourth-order valence-electron chi connectivity index (χ4n) is 2.39. The highest BCUT2D eigenvalue weighted by Crippen LogP contribution is 2.49. The average molecular weight is 251 g/mol. The van der Waals surface area contributed by atoms with Crippen LogP contribution in [0, 0.1) is 5.41 Å². The van der Waals surface area contributed by atoms with Crippen molar-refractivity contribution in [3.8, 4) is 0 Å². The van der Waals surface area contributed by atoms with Gasteiger partial charge in [-0.1, -0.05) is 13.3 Å². The minimum Gasteiger partial charge on any atom is -0.475 e. The van der Waals surface area contributed by atoms with Gasteiger partial charge in [-0.25, -0.2) is 4.79 Å². The number of carbonyl (C=O) groups is 1. The van der Waals surface area contributed by atoms with Crippen LogP contribution >= 0.6 is 0 Å². The Bertz CT molecular complexity index is 420. The van der Waals surface area contributed by atoms with E-state index in [1.165, 1.54) is 31.7 Å². The predicted molar refractivity (Wildman–Crippen MR) is 68.7 cm³/mol. The fraction of sp³-hybridized carbons (Fsp3) is 0.643. The normalized spacial score (nSPS) is 18.6. The monoisotopic (exact) mass is 251 g/mol. The Morgan fingerprint density at radius 2 is 2.28 bits per heavy atom. The molecule has 100 valence electrons. The molecule has 2 N–H and O–H groups in total. The lowest BCUT2D eigenvalue weighted by atomic mass is 10.0. The molecule has 0 bridgehead atoms. The summed E-state index contributed by atoms with van der Waals surface area (Å²) in [7, 11) is 0. The Kier molecular flexibility index (Phi) is 3.76. The van der Waals surface area contributed by atoms with Gasteiger partial charge in [0.25, 0.3) is 0 Å². The van der Waals surface area contributed by atoms with E-state index >= 15 is 0 Å². The third-order valence-corrected chi connectivity index (χ3v) is 3.79. The fourth-order valence-corrected chi connectivity index (χ4v) is 2.39. The van der Waals surface area contributed by atoms with Crippen LogP contribution < -0.4 is 5.32 Å². The summed E-state index contributed by atoms with van der Waals surface area (Å²) in [5.74, 6) is -0.314. The molecule has 0 saturated heterocycles. The summed E-state index contributed by atoms with van der Waals surface area (Å²) in [5.41, 5.74) is 0.491. The van der Waals surface area contributed by atoms with Gasteiger partial charge >= 0.3 is 5.97 Å². The molecule has 0 radical (unpaired) electrons. The predicted octanol–water partition coefficient (Wildman–Crippen LogP) is 3.21. The SMILES string of the molecule is CCCC1(CNC(C)c2ccc(C(=O)O)o2)CC1. The first-order valence-electron chi connectivity index (χ1n) is 6.63. The van der Waals surface area contributed by atoms with Gasteiger partial charge in [0.1, 0.15) is 5.76 Å². The van der Waals surface area contributed by atoms with E-state index in [1.807, 2.05) is 6.92 Å². The summed E-state index contributed by atoms with van der Waals surface area (Å²) in [5, 5.41) is 12.3. The lowest BCUT2D eigenvalue weighted by Crippen LogP contribution is -2.26. The van der Waals surface area contributed by atoms with E-state index in [1.54, 1.807) is 6.07 Å². The van der Waals surface area contributed by atoms with E-state index in [2.05, 4.69) is 12.2 Å². The molecule has 1 saturated carbocycles. The Labute approximate surface area is 107 Å². The molecular formula is C14H21NO3. The molecule has 1 fully saturated rings. The van der Waals surface area contributed by atoms with Crippen LogP contribution in [0.1, 0.15) is 61.9 Å². The van der Waals surface area contributed by atoms with Crippen LogP contribution in [-0.2, 0) is 0 Å². The van der Waals surface area contributed by atoms with Crippen molar-refractivity contribution in [2.45, 2.75) is 45.6 Å². The quantitative estimate of drug-likeness (QED) is 0.781. The van der Waals surface area contributed by atoms with Crippen LogP contribution in [0.5, 0.6) is 0 Å². The van der Waals surface area contributed by atoms with Crippen molar-refractivity contribution in [1.82, 2.24) is 5.32 Å². The molecule has 1 atom stereocenters. The smallest absolute Gasteiger partial charge is 0.371 e. The molecule has 0 aliphatic heterocycles. The summed E-state index contributed by atoms with van der Waals surface area (Å²) < 4.78 is 5.29. The molecule has 1 aromatic heterocycles. The van der Waals surface area contributed by atoms with E-state index in [4.69, 9.17) is 9.52 Å². The molecule has 4 heteroatoms. The van der Waals surface area contributed by atoms with E-state index in [9.17, 15) is 4.79 Å². The second kappa shape index (κ2) is 5.14. The van der Waals surface area contributed by atoms with Gasteiger partial charge in [-0.05, 0) is 43.7 Å². The molecule has 4 nitrogen and oxygen atoms in total. The summed E-state index contributed by atoms with van der Waals surface area (Å²) >= 11 is 0. The highest BCUT2D eigenvalue weighted by Gasteiger charge is 2.41. The highest BCUT2D eigenvalue weighted by molar-refractivity contribution is 5.84. The molecule has 1 aliphatic carbocycles. The Morgan fingerprint density at radius 1 is 1.56 bits per heavy atom. The second-order valence-electron chi connectivity index (χ2n) is 5.36. The maximum atomic E-state index is 10.7. The molecule has 0 amide bonds. The Balaban J connectivity index is 1.87. The first-order chi connectivity index (χ1) is 8.56. The lowest BCUT2D eigenvalue weighted by molar-refractivity contribution is 0.0659. The third-order valence-electron chi connectivity index (χ3n) is 3.79. The summed E-state index contributed by atoms with van der Waals surface area (Å²) in [6, 6.07) is 3.31. The maximum absolute atomic E-state index is 10.7. The minimum atomic E-state index is -1.02. The molecular weight excluding hydrogens is 230 g/mol. The first kappa shape index (κ1) is 13.1. The van der Waals surface area contributed by atoms with Gasteiger partial charge in [0.2, 0.25) is 5.76 Å². The van der Waals surface area contributed by atoms with Gasteiger partial charge < -0.3 is 14.8 Å². The van der Waals surface area contributed by atoms with Crippen molar-refractivity contribution < 1.29 is 14.3 Å².